The van der Waals surface area contributed by atoms with Crippen LogP contribution in [0.4, 0.5) is 4.39 Å². The average Bonchev–Trinajstić information content (AvgIpc) is 2.21. The van der Waals surface area contributed by atoms with Crippen LogP contribution in [0.5, 0.6) is 0 Å². The average molecular weight is 321 g/mol. The highest BCUT2D eigenvalue weighted by Gasteiger charge is 2.18. The highest BCUT2D eigenvalue weighted by molar-refractivity contribution is 14.1. The molecule has 84 valence electrons. The molecule has 0 aromatic heterocycles. The first-order valence-corrected chi connectivity index (χ1v) is 6.30. The van der Waals surface area contributed by atoms with Gasteiger partial charge in [-0.15, -0.1) is 0 Å². The molecule has 2 unspecified atom stereocenters. The van der Waals surface area contributed by atoms with Crippen molar-refractivity contribution >= 4 is 22.6 Å². The largest absolute Gasteiger partial charge is 0.313 e. The van der Waals surface area contributed by atoms with E-state index in [2.05, 4.69) is 41.8 Å². The molecule has 1 aromatic carbocycles. The molecule has 15 heavy (non-hydrogen) atoms. The second-order valence-corrected chi connectivity index (χ2v) is 4.98. The summed E-state index contributed by atoms with van der Waals surface area (Å²) < 4.78 is 14.0. The molecule has 0 saturated carbocycles. The van der Waals surface area contributed by atoms with E-state index in [1.807, 2.05) is 13.1 Å². The fourth-order valence-corrected chi connectivity index (χ4v) is 2.55. The topological polar surface area (TPSA) is 12.0 Å². The summed E-state index contributed by atoms with van der Waals surface area (Å²) in [6.07, 6.45) is 1.11. The normalized spacial score (nSPS) is 15.0. The standard InChI is InChI=1S/C12H17FIN/c1-4-8(2)12(15-3)10-6-5-9(13)7-11(10)14/h5-8,12,15H,4H2,1-3H3. The van der Waals surface area contributed by atoms with E-state index in [0.29, 0.717) is 12.0 Å². The van der Waals surface area contributed by atoms with Crippen molar-refractivity contribution in [2.75, 3.05) is 7.05 Å². The van der Waals surface area contributed by atoms with Crippen molar-refractivity contribution < 1.29 is 4.39 Å². The third-order valence-corrected chi connectivity index (χ3v) is 3.76. The first kappa shape index (κ1) is 12.9. The lowest BCUT2D eigenvalue weighted by Crippen LogP contribution is -2.24. The maximum Gasteiger partial charge on any atom is 0.124 e. The zero-order chi connectivity index (χ0) is 11.4. The summed E-state index contributed by atoms with van der Waals surface area (Å²) in [6, 6.07) is 5.31. The monoisotopic (exact) mass is 321 g/mol. The predicted molar refractivity (Wildman–Crippen MR) is 70.4 cm³/mol. The Bertz CT molecular complexity index is 327. The Kier molecular flexibility index (Phi) is 4.99. The van der Waals surface area contributed by atoms with Crippen molar-refractivity contribution in [1.82, 2.24) is 5.32 Å². The Hall–Kier alpha value is -0.160. The summed E-state index contributed by atoms with van der Waals surface area (Å²) in [4.78, 5) is 0. The predicted octanol–water partition coefficient (Wildman–Crippen LogP) is 3.74. The van der Waals surface area contributed by atoms with Crippen molar-refractivity contribution in [3.8, 4) is 0 Å². The minimum atomic E-state index is -0.165. The van der Waals surface area contributed by atoms with Crippen LogP contribution in [0.3, 0.4) is 0 Å². The van der Waals surface area contributed by atoms with Gasteiger partial charge in [-0.3, -0.25) is 0 Å². The van der Waals surface area contributed by atoms with Crippen LogP contribution in [-0.4, -0.2) is 7.05 Å². The van der Waals surface area contributed by atoms with Crippen molar-refractivity contribution in [3.63, 3.8) is 0 Å². The third kappa shape index (κ3) is 3.14. The quantitative estimate of drug-likeness (QED) is 0.833. The zero-order valence-corrected chi connectivity index (χ0v) is 11.5. The first-order valence-electron chi connectivity index (χ1n) is 5.22. The molecule has 1 rings (SSSR count). The van der Waals surface area contributed by atoms with Gasteiger partial charge in [0.1, 0.15) is 5.82 Å². The van der Waals surface area contributed by atoms with E-state index >= 15 is 0 Å². The van der Waals surface area contributed by atoms with Gasteiger partial charge in [0.15, 0.2) is 0 Å². The fourth-order valence-electron chi connectivity index (χ4n) is 1.74. The molecular formula is C12H17FIN. The van der Waals surface area contributed by atoms with E-state index in [0.717, 1.165) is 9.99 Å². The Balaban J connectivity index is 3.01. The molecule has 0 heterocycles. The number of benzene rings is 1. The Morgan fingerprint density at radius 2 is 2.13 bits per heavy atom. The van der Waals surface area contributed by atoms with Crippen LogP contribution in [0.2, 0.25) is 0 Å². The molecular weight excluding hydrogens is 304 g/mol. The van der Waals surface area contributed by atoms with Crippen LogP contribution in [0.15, 0.2) is 18.2 Å². The highest BCUT2D eigenvalue weighted by atomic mass is 127. The molecule has 1 N–H and O–H groups in total. The molecule has 2 atom stereocenters. The maximum absolute atomic E-state index is 13.0. The van der Waals surface area contributed by atoms with Crippen LogP contribution in [0.25, 0.3) is 0 Å². The lowest BCUT2D eigenvalue weighted by atomic mass is 9.93. The van der Waals surface area contributed by atoms with Gasteiger partial charge >= 0.3 is 0 Å². The van der Waals surface area contributed by atoms with Gasteiger partial charge in [0.25, 0.3) is 0 Å². The van der Waals surface area contributed by atoms with E-state index in [4.69, 9.17) is 0 Å². The highest BCUT2D eigenvalue weighted by Crippen LogP contribution is 2.28. The molecule has 0 aliphatic heterocycles. The minimum Gasteiger partial charge on any atom is -0.313 e. The van der Waals surface area contributed by atoms with E-state index in [-0.39, 0.29) is 5.82 Å². The van der Waals surface area contributed by atoms with Crippen LogP contribution in [0.1, 0.15) is 31.9 Å². The Labute approximate surface area is 105 Å². The molecule has 0 radical (unpaired) electrons. The van der Waals surface area contributed by atoms with E-state index in [1.165, 1.54) is 11.6 Å². The van der Waals surface area contributed by atoms with Gasteiger partial charge in [-0.25, -0.2) is 4.39 Å². The van der Waals surface area contributed by atoms with Crippen molar-refractivity contribution in [1.29, 1.82) is 0 Å². The van der Waals surface area contributed by atoms with E-state index in [9.17, 15) is 4.39 Å². The van der Waals surface area contributed by atoms with Crippen LogP contribution in [-0.2, 0) is 0 Å². The van der Waals surface area contributed by atoms with Crippen molar-refractivity contribution in [2.24, 2.45) is 5.92 Å². The van der Waals surface area contributed by atoms with E-state index in [1.54, 1.807) is 6.07 Å². The number of halogens is 2. The molecule has 1 nitrogen and oxygen atoms in total. The van der Waals surface area contributed by atoms with Crippen molar-refractivity contribution in [3.05, 3.63) is 33.1 Å². The SMILES string of the molecule is CCC(C)C(NC)c1ccc(F)cc1I. The smallest absolute Gasteiger partial charge is 0.124 e. The number of rotatable bonds is 4. The van der Waals surface area contributed by atoms with Gasteiger partial charge in [-0.2, -0.15) is 0 Å². The Morgan fingerprint density at radius 3 is 2.60 bits per heavy atom. The molecule has 0 fully saturated rings. The molecule has 1 aromatic rings. The van der Waals surface area contributed by atoms with E-state index < -0.39 is 0 Å². The summed E-state index contributed by atoms with van der Waals surface area (Å²) in [5.41, 5.74) is 1.19. The molecule has 3 heteroatoms. The van der Waals surface area contributed by atoms with Gasteiger partial charge in [-0.1, -0.05) is 26.3 Å². The lowest BCUT2D eigenvalue weighted by molar-refractivity contribution is 0.398. The number of hydrogen-bond donors (Lipinski definition) is 1. The van der Waals surface area contributed by atoms with Crippen LogP contribution in [0, 0.1) is 15.3 Å². The van der Waals surface area contributed by atoms with Crippen LogP contribution < -0.4 is 5.32 Å². The summed E-state index contributed by atoms with van der Waals surface area (Å²) in [6.45, 7) is 4.38. The second-order valence-electron chi connectivity index (χ2n) is 3.82. The van der Waals surface area contributed by atoms with Gasteiger partial charge in [-0.05, 0) is 53.3 Å². The number of nitrogens with one attached hydrogen (secondary N) is 1. The summed E-state index contributed by atoms with van der Waals surface area (Å²) >= 11 is 2.19. The lowest BCUT2D eigenvalue weighted by Gasteiger charge is -2.24. The maximum atomic E-state index is 13.0. The molecule has 0 bridgehead atoms. The van der Waals surface area contributed by atoms with Gasteiger partial charge in [0.05, 0.1) is 0 Å². The molecule has 0 aliphatic carbocycles. The summed E-state index contributed by atoms with van der Waals surface area (Å²) in [5.74, 6) is 0.385. The molecule has 0 amide bonds. The second kappa shape index (κ2) is 5.80. The van der Waals surface area contributed by atoms with Gasteiger partial charge < -0.3 is 5.32 Å². The fraction of sp³-hybridized carbons (Fsp3) is 0.500. The molecule has 0 saturated heterocycles. The zero-order valence-electron chi connectivity index (χ0n) is 9.35. The first-order chi connectivity index (χ1) is 7.10. The van der Waals surface area contributed by atoms with Gasteiger partial charge in [0, 0.05) is 9.61 Å². The molecule has 0 spiro atoms. The van der Waals surface area contributed by atoms with Gasteiger partial charge in [0.2, 0.25) is 0 Å². The van der Waals surface area contributed by atoms with Crippen LogP contribution >= 0.6 is 22.6 Å². The number of hydrogen-bond acceptors (Lipinski definition) is 1. The third-order valence-electron chi connectivity index (χ3n) is 2.82. The van der Waals surface area contributed by atoms with Crippen molar-refractivity contribution in [2.45, 2.75) is 26.3 Å². The molecule has 0 aliphatic rings. The Morgan fingerprint density at radius 1 is 1.47 bits per heavy atom. The minimum absolute atomic E-state index is 0.165. The summed E-state index contributed by atoms with van der Waals surface area (Å²) in [7, 11) is 1.95. The summed E-state index contributed by atoms with van der Waals surface area (Å²) in [5, 5.41) is 3.30.